The molecule has 2 rings (SSSR count). The Bertz CT molecular complexity index is 723. The number of aryl methyl sites for hydroxylation is 1. The second-order valence-corrected chi connectivity index (χ2v) is 4.87. The topological polar surface area (TPSA) is 103 Å². The van der Waals surface area contributed by atoms with Gasteiger partial charge in [0.25, 0.3) is 0 Å². The molecule has 0 saturated carbocycles. The molecule has 116 valence electrons. The normalized spacial score (nSPS) is 10.4. The van der Waals surface area contributed by atoms with Gasteiger partial charge in [0, 0.05) is 17.3 Å². The molecule has 0 aliphatic rings. The number of rotatable bonds is 5. The average Bonchev–Trinajstić information content (AvgIpc) is 2.46. The molecule has 1 N–H and O–H groups in total. The highest BCUT2D eigenvalue weighted by Crippen LogP contribution is 2.26. The van der Waals surface area contributed by atoms with Gasteiger partial charge in [-0.15, -0.1) is 0 Å². The number of nitro groups is 1. The Kier molecular flexibility index (Phi) is 4.71. The highest BCUT2D eigenvalue weighted by Gasteiger charge is 2.17. The van der Waals surface area contributed by atoms with Crippen LogP contribution in [-0.2, 0) is 6.54 Å². The summed E-state index contributed by atoms with van der Waals surface area (Å²) in [6.07, 6.45) is 2.75. The minimum Gasteiger partial charge on any atom is -0.496 e. The van der Waals surface area contributed by atoms with Crippen LogP contribution in [-0.4, -0.2) is 27.0 Å². The zero-order valence-corrected chi connectivity index (χ0v) is 13.0. The second-order valence-electron chi connectivity index (χ2n) is 4.53. The molecule has 0 aromatic carbocycles. The van der Waals surface area contributed by atoms with E-state index in [0.717, 1.165) is 23.1 Å². The molecule has 0 unspecified atom stereocenters. The molecule has 2 aromatic rings. The van der Waals surface area contributed by atoms with Crippen LogP contribution in [0.5, 0.6) is 5.75 Å². The molecular formula is C13H14ClN5O3. The fourth-order valence-electron chi connectivity index (χ4n) is 2.03. The monoisotopic (exact) mass is 323 g/mol. The van der Waals surface area contributed by atoms with E-state index in [4.69, 9.17) is 16.3 Å². The van der Waals surface area contributed by atoms with E-state index in [1.54, 1.807) is 13.3 Å². The molecule has 0 spiro atoms. The molecule has 9 heteroatoms. The predicted molar refractivity (Wildman–Crippen MR) is 81.3 cm³/mol. The average molecular weight is 324 g/mol. The van der Waals surface area contributed by atoms with Crippen molar-refractivity contribution in [1.29, 1.82) is 0 Å². The van der Waals surface area contributed by atoms with E-state index in [1.165, 1.54) is 0 Å². The van der Waals surface area contributed by atoms with Crippen LogP contribution in [0.25, 0.3) is 0 Å². The summed E-state index contributed by atoms with van der Waals surface area (Å²) in [4.78, 5) is 22.1. The highest BCUT2D eigenvalue weighted by molar-refractivity contribution is 6.28. The van der Waals surface area contributed by atoms with E-state index >= 15 is 0 Å². The van der Waals surface area contributed by atoms with Crippen molar-refractivity contribution in [3.05, 3.63) is 44.6 Å². The molecule has 0 bridgehead atoms. The van der Waals surface area contributed by atoms with Crippen molar-refractivity contribution in [2.75, 3.05) is 12.4 Å². The Labute approximate surface area is 131 Å². The Morgan fingerprint density at radius 1 is 1.36 bits per heavy atom. The molecule has 0 aliphatic heterocycles. The molecule has 0 fully saturated rings. The third kappa shape index (κ3) is 3.22. The smallest absolute Gasteiger partial charge is 0.329 e. The summed E-state index contributed by atoms with van der Waals surface area (Å²) in [6.45, 7) is 4.01. The first-order chi connectivity index (χ1) is 10.4. The van der Waals surface area contributed by atoms with E-state index in [1.807, 2.05) is 13.8 Å². The van der Waals surface area contributed by atoms with Crippen molar-refractivity contribution in [2.45, 2.75) is 20.4 Å². The van der Waals surface area contributed by atoms with Crippen LogP contribution in [0, 0.1) is 24.0 Å². The van der Waals surface area contributed by atoms with Crippen LogP contribution in [0.15, 0.2) is 12.4 Å². The Balaban J connectivity index is 2.28. The lowest BCUT2D eigenvalue weighted by molar-refractivity contribution is -0.384. The van der Waals surface area contributed by atoms with Crippen LogP contribution < -0.4 is 10.1 Å². The quantitative estimate of drug-likeness (QED) is 0.512. The summed E-state index contributed by atoms with van der Waals surface area (Å²) in [5, 5.41) is 13.8. The fraction of sp³-hybridized carbons (Fsp3) is 0.308. The Morgan fingerprint density at radius 3 is 2.73 bits per heavy atom. The van der Waals surface area contributed by atoms with Crippen molar-refractivity contribution in [1.82, 2.24) is 15.0 Å². The van der Waals surface area contributed by atoms with Crippen LogP contribution in [0.3, 0.4) is 0 Å². The SMILES string of the molecule is COc1c(C)cnc(CNc2nc(Cl)ncc2[N+](=O)[O-])c1C. The number of hydrogen-bond donors (Lipinski definition) is 1. The highest BCUT2D eigenvalue weighted by atomic mass is 35.5. The van der Waals surface area contributed by atoms with Crippen LogP contribution in [0.2, 0.25) is 5.28 Å². The maximum atomic E-state index is 11.0. The van der Waals surface area contributed by atoms with Crippen molar-refractivity contribution in [2.24, 2.45) is 0 Å². The number of pyridine rings is 1. The number of anilines is 1. The van der Waals surface area contributed by atoms with Gasteiger partial charge in [0.05, 0.1) is 24.3 Å². The van der Waals surface area contributed by atoms with Gasteiger partial charge in [-0.25, -0.2) is 4.98 Å². The van der Waals surface area contributed by atoms with Gasteiger partial charge >= 0.3 is 5.69 Å². The number of ether oxygens (including phenoxy) is 1. The van der Waals surface area contributed by atoms with Gasteiger partial charge in [-0.3, -0.25) is 15.1 Å². The lowest BCUT2D eigenvalue weighted by Gasteiger charge is -2.13. The van der Waals surface area contributed by atoms with Crippen molar-refractivity contribution in [3.8, 4) is 5.75 Å². The summed E-state index contributed by atoms with van der Waals surface area (Å²) in [5.74, 6) is 0.785. The van der Waals surface area contributed by atoms with E-state index in [0.29, 0.717) is 5.69 Å². The molecule has 2 heterocycles. The summed E-state index contributed by atoms with van der Waals surface area (Å²) < 4.78 is 5.33. The maximum Gasteiger partial charge on any atom is 0.329 e. The number of hydrogen-bond acceptors (Lipinski definition) is 7. The van der Waals surface area contributed by atoms with Crippen LogP contribution in [0.4, 0.5) is 11.5 Å². The van der Waals surface area contributed by atoms with Gasteiger partial charge in [-0.2, -0.15) is 4.98 Å². The van der Waals surface area contributed by atoms with Crippen LogP contribution in [0.1, 0.15) is 16.8 Å². The standard InChI is InChI=1S/C13H14ClN5O3/c1-7-4-15-9(8(2)11(7)22-3)5-16-12-10(19(20)21)6-17-13(14)18-12/h4,6H,5H2,1-3H3,(H,16,17,18). The van der Waals surface area contributed by atoms with E-state index in [2.05, 4.69) is 20.3 Å². The molecule has 0 amide bonds. The molecule has 0 aliphatic carbocycles. The molecule has 0 radical (unpaired) electrons. The zero-order valence-electron chi connectivity index (χ0n) is 12.3. The zero-order chi connectivity index (χ0) is 16.3. The largest absolute Gasteiger partial charge is 0.496 e. The van der Waals surface area contributed by atoms with Gasteiger partial charge in [-0.05, 0) is 25.4 Å². The summed E-state index contributed by atoms with van der Waals surface area (Å²) in [7, 11) is 1.58. The third-order valence-electron chi connectivity index (χ3n) is 3.11. The number of nitrogens with one attached hydrogen (secondary N) is 1. The van der Waals surface area contributed by atoms with Gasteiger partial charge in [0.1, 0.15) is 11.9 Å². The van der Waals surface area contributed by atoms with Crippen molar-refractivity contribution < 1.29 is 9.66 Å². The Hall–Kier alpha value is -2.48. The minimum atomic E-state index is -0.575. The molecular weight excluding hydrogens is 310 g/mol. The molecule has 0 atom stereocenters. The first kappa shape index (κ1) is 15.9. The molecule has 22 heavy (non-hydrogen) atoms. The minimum absolute atomic E-state index is 0.0470. The number of halogens is 1. The first-order valence-electron chi connectivity index (χ1n) is 6.34. The lowest BCUT2D eigenvalue weighted by Crippen LogP contribution is -2.09. The summed E-state index contributed by atoms with van der Waals surface area (Å²) >= 11 is 5.68. The second kappa shape index (κ2) is 6.52. The number of aromatic nitrogens is 3. The summed E-state index contributed by atoms with van der Waals surface area (Å²) in [6, 6.07) is 0. The number of nitrogens with zero attached hydrogens (tertiary/aromatic N) is 4. The van der Waals surface area contributed by atoms with Crippen molar-refractivity contribution >= 4 is 23.1 Å². The molecule has 0 saturated heterocycles. The molecule has 2 aromatic heterocycles. The van der Waals surface area contributed by atoms with E-state index in [-0.39, 0.29) is 23.3 Å². The van der Waals surface area contributed by atoms with Gasteiger partial charge in [0.2, 0.25) is 11.1 Å². The maximum absolute atomic E-state index is 11.0. The van der Waals surface area contributed by atoms with E-state index in [9.17, 15) is 10.1 Å². The lowest BCUT2D eigenvalue weighted by atomic mass is 10.1. The summed E-state index contributed by atoms with van der Waals surface area (Å²) in [5.41, 5.74) is 2.23. The molecule has 8 nitrogen and oxygen atoms in total. The van der Waals surface area contributed by atoms with Crippen LogP contribution >= 0.6 is 11.6 Å². The van der Waals surface area contributed by atoms with Gasteiger partial charge in [-0.1, -0.05) is 0 Å². The van der Waals surface area contributed by atoms with Crippen molar-refractivity contribution in [3.63, 3.8) is 0 Å². The van der Waals surface area contributed by atoms with Gasteiger partial charge < -0.3 is 10.1 Å². The Morgan fingerprint density at radius 2 is 2.09 bits per heavy atom. The third-order valence-corrected chi connectivity index (χ3v) is 3.29. The fourth-order valence-corrected chi connectivity index (χ4v) is 2.17. The number of methoxy groups -OCH3 is 1. The van der Waals surface area contributed by atoms with E-state index < -0.39 is 4.92 Å². The first-order valence-corrected chi connectivity index (χ1v) is 6.71. The van der Waals surface area contributed by atoms with Gasteiger partial charge in [0.15, 0.2) is 0 Å². The predicted octanol–water partition coefficient (Wildman–Crippen LogP) is 2.67.